The standard InChI is InChI=1S/C20H28N2O3S.C13H13NO.C6H14N2O2S/c1-13(2)22-10-16(11-22)26(24,25)12-19(23)21-20-17-7-3-5-14(17)9-15-6-4-8-18(15)20;14-8-15-13-11-5-1-3-9(11)7-10-4-2-6-12(10)13;1-5(2)8-3-6(4-8)11(7,9)10/h9,13,16H,3-8,10-12H2,1-2H3,(H,21,23);7H,1-6H2;5-6H,3-4H2,1-2H3,(H2,7,9,10). The molecule has 11 nitrogen and oxygen atoms in total. The summed E-state index contributed by atoms with van der Waals surface area (Å²) >= 11 is 0. The van der Waals surface area contributed by atoms with Gasteiger partial charge in [-0.1, -0.05) is 12.1 Å². The summed E-state index contributed by atoms with van der Waals surface area (Å²) in [5.41, 5.74) is 11.5. The Bertz CT molecular complexity index is 1880. The van der Waals surface area contributed by atoms with Crippen molar-refractivity contribution in [3.05, 3.63) is 56.6 Å². The quantitative estimate of drug-likeness (QED) is 0.380. The number of hydrogen-bond acceptors (Lipinski definition) is 9. The first-order valence-corrected chi connectivity index (χ1v) is 22.4. The van der Waals surface area contributed by atoms with Crippen LogP contribution in [0.25, 0.3) is 0 Å². The Morgan fingerprint density at radius 3 is 1.56 bits per heavy atom. The second-order valence-electron chi connectivity index (χ2n) is 15.9. The van der Waals surface area contributed by atoms with Crippen LogP contribution in [0.2, 0.25) is 0 Å². The minimum absolute atomic E-state index is 0.329. The van der Waals surface area contributed by atoms with E-state index in [1.807, 2.05) is 20.1 Å². The first kappa shape index (κ1) is 38.7. The number of amides is 1. The van der Waals surface area contributed by atoms with E-state index < -0.39 is 30.9 Å². The second-order valence-corrected chi connectivity index (χ2v) is 20.0. The number of fused-ring (bicyclic) bond motifs is 4. The zero-order valence-corrected chi connectivity index (χ0v) is 32.8. The van der Waals surface area contributed by atoms with Crippen LogP contribution in [-0.2, 0) is 76.0 Å². The number of carbonyl (C=O) groups is 1. The Hall–Kier alpha value is -3.02. The van der Waals surface area contributed by atoms with E-state index in [2.05, 4.69) is 41.1 Å². The molecule has 1 amide bonds. The monoisotopic (exact) mass is 753 g/mol. The van der Waals surface area contributed by atoms with Gasteiger partial charge in [-0.05, 0) is 149 Å². The third-order valence-corrected chi connectivity index (χ3v) is 15.0. The summed E-state index contributed by atoms with van der Waals surface area (Å²) in [7, 11) is -6.67. The fourth-order valence-corrected chi connectivity index (χ4v) is 10.9. The zero-order valence-electron chi connectivity index (χ0n) is 31.2. The number of nitrogens with zero attached hydrogens (tertiary/aromatic N) is 3. The van der Waals surface area contributed by atoms with Crippen molar-refractivity contribution in [1.82, 2.24) is 9.80 Å². The van der Waals surface area contributed by atoms with Gasteiger partial charge < -0.3 is 10.1 Å². The predicted octanol–water partition coefficient (Wildman–Crippen LogP) is 4.00. The molecule has 2 saturated heterocycles. The lowest BCUT2D eigenvalue weighted by Gasteiger charge is -2.41. The predicted molar refractivity (Wildman–Crippen MR) is 204 cm³/mol. The fraction of sp³-hybridized carbons (Fsp3) is 0.641. The minimum atomic E-state index is -3.39. The summed E-state index contributed by atoms with van der Waals surface area (Å²) in [5.74, 6) is 0.129. The molecule has 13 heteroatoms. The van der Waals surface area contributed by atoms with Crippen molar-refractivity contribution in [3.63, 3.8) is 0 Å². The van der Waals surface area contributed by atoms with Gasteiger partial charge in [0.2, 0.25) is 15.9 Å². The first-order valence-electron chi connectivity index (χ1n) is 19.1. The topological polar surface area (TPSA) is 163 Å². The number of anilines is 1. The van der Waals surface area contributed by atoms with E-state index in [0.29, 0.717) is 38.3 Å². The van der Waals surface area contributed by atoms with Crippen LogP contribution in [-0.4, -0.2) is 87.1 Å². The Labute approximate surface area is 310 Å². The van der Waals surface area contributed by atoms with Gasteiger partial charge in [0.1, 0.15) is 16.8 Å². The summed E-state index contributed by atoms with van der Waals surface area (Å²) in [4.78, 5) is 16.8. The summed E-state index contributed by atoms with van der Waals surface area (Å²) in [5, 5.41) is 15.9. The smallest absolute Gasteiger partial charge is 0.292 e. The molecule has 4 aliphatic carbocycles. The molecule has 6 aliphatic rings. The third-order valence-electron chi connectivity index (χ3n) is 11.8. The molecule has 2 aromatic carbocycles. The molecule has 2 aliphatic heterocycles. The van der Waals surface area contributed by atoms with Crippen LogP contribution >= 0.6 is 0 Å². The molecule has 2 fully saturated rings. The van der Waals surface area contributed by atoms with E-state index in [4.69, 9.17) is 15.1 Å². The number of benzene rings is 2. The van der Waals surface area contributed by atoms with Gasteiger partial charge in [-0.25, -0.2) is 22.0 Å². The Balaban J connectivity index is 0.000000150. The number of primary sulfonamides is 1. The molecule has 52 heavy (non-hydrogen) atoms. The highest BCUT2D eigenvalue weighted by Crippen LogP contribution is 2.40. The van der Waals surface area contributed by atoms with Gasteiger partial charge in [0.15, 0.2) is 9.84 Å². The van der Waals surface area contributed by atoms with E-state index >= 15 is 0 Å². The molecule has 0 bridgehead atoms. The van der Waals surface area contributed by atoms with Crippen molar-refractivity contribution in [2.75, 3.05) is 37.2 Å². The molecule has 2 aromatic rings. The molecule has 284 valence electrons. The molecule has 0 saturated carbocycles. The summed E-state index contributed by atoms with van der Waals surface area (Å²) < 4.78 is 51.8. The Morgan fingerprint density at radius 2 is 1.15 bits per heavy atom. The number of carbonyl (C=O) groups excluding carboxylic acids is 1. The third kappa shape index (κ3) is 8.36. The van der Waals surface area contributed by atoms with Crippen molar-refractivity contribution in [3.8, 4) is 12.0 Å². The van der Waals surface area contributed by atoms with E-state index in [-0.39, 0.29) is 11.2 Å². The SMILES string of the molecule is CC(C)N1CC(S(=O)(=O)CC(=O)Nc2c3c(cc4c2CCC4)CCC3)C1.CC(C)N1CC(S(N)(=O)=O)C1.N#COc1c2c(cc3c1CCC3)CCC2. The minimum Gasteiger partial charge on any atom is -0.387 e. The number of hydrogen-bond donors (Lipinski definition) is 2. The van der Waals surface area contributed by atoms with Crippen molar-refractivity contribution in [2.24, 2.45) is 5.14 Å². The highest BCUT2D eigenvalue weighted by Gasteiger charge is 2.39. The van der Waals surface area contributed by atoms with E-state index in [1.54, 1.807) is 0 Å². The van der Waals surface area contributed by atoms with E-state index in [0.717, 1.165) is 75.6 Å². The summed E-state index contributed by atoms with van der Waals surface area (Å²) in [6.45, 7) is 10.5. The summed E-state index contributed by atoms with van der Waals surface area (Å²) in [6, 6.07) is 5.43. The lowest BCUT2D eigenvalue weighted by molar-refractivity contribution is -0.113. The van der Waals surface area contributed by atoms with Gasteiger partial charge in [0, 0.05) is 44.0 Å². The Kier molecular flexibility index (Phi) is 11.7. The molecule has 8 rings (SSSR count). The van der Waals surface area contributed by atoms with Gasteiger partial charge >= 0.3 is 0 Å². The van der Waals surface area contributed by atoms with Crippen LogP contribution < -0.4 is 15.2 Å². The zero-order chi connectivity index (χ0) is 37.4. The van der Waals surface area contributed by atoms with Crippen LogP contribution in [0, 0.1) is 11.5 Å². The van der Waals surface area contributed by atoms with Crippen LogP contribution in [0.3, 0.4) is 0 Å². The maximum Gasteiger partial charge on any atom is 0.292 e. The second kappa shape index (κ2) is 15.8. The number of rotatable bonds is 8. The summed E-state index contributed by atoms with van der Waals surface area (Å²) in [6.07, 6.45) is 15.1. The maximum absolute atomic E-state index is 12.6. The van der Waals surface area contributed by atoms with Crippen LogP contribution in [0.1, 0.15) is 97.9 Å². The first-order chi connectivity index (χ1) is 24.7. The van der Waals surface area contributed by atoms with Crippen molar-refractivity contribution in [1.29, 1.82) is 5.26 Å². The molecule has 0 unspecified atom stereocenters. The maximum atomic E-state index is 12.6. The average Bonchev–Trinajstić information content (AvgIpc) is 3.81. The number of sulfonamides is 1. The van der Waals surface area contributed by atoms with Gasteiger partial charge in [-0.2, -0.15) is 0 Å². The number of aryl methyl sites for hydroxylation is 4. The number of sulfone groups is 1. The number of nitriles is 1. The lowest BCUT2D eigenvalue weighted by atomic mass is 9.98. The number of ether oxygens (including phenoxy) is 1. The fourth-order valence-electron chi connectivity index (χ4n) is 8.59. The largest absolute Gasteiger partial charge is 0.387 e. The number of nitrogens with one attached hydrogen (secondary N) is 1. The highest BCUT2D eigenvalue weighted by molar-refractivity contribution is 7.92. The molecule has 2 heterocycles. The molecular formula is C39H55N5O6S2. The lowest BCUT2D eigenvalue weighted by Crippen LogP contribution is -2.58. The van der Waals surface area contributed by atoms with Gasteiger partial charge in [-0.15, -0.1) is 5.26 Å². The van der Waals surface area contributed by atoms with E-state index in [9.17, 15) is 21.6 Å². The molecule has 0 atom stereocenters. The van der Waals surface area contributed by atoms with Crippen molar-refractivity contribution in [2.45, 2.75) is 127 Å². The van der Waals surface area contributed by atoms with Crippen LogP contribution in [0.5, 0.6) is 5.75 Å². The molecular weight excluding hydrogens is 699 g/mol. The van der Waals surface area contributed by atoms with Crippen LogP contribution in [0.4, 0.5) is 5.69 Å². The van der Waals surface area contributed by atoms with Crippen molar-refractivity contribution >= 4 is 31.5 Å². The Morgan fingerprint density at radius 1 is 0.750 bits per heavy atom. The number of likely N-dealkylation sites (tertiary alicyclic amines) is 2. The highest BCUT2D eigenvalue weighted by atomic mass is 32.2. The van der Waals surface area contributed by atoms with Crippen molar-refractivity contribution < 1.29 is 26.4 Å². The molecule has 0 spiro atoms. The molecule has 0 radical (unpaired) electrons. The van der Waals surface area contributed by atoms with E-state index in [1.165, 1.54) is 57.3 Å². The van der Waals surface area contributed by atoms with Gasteiger partial charge in [-0.3, -0.25) is 14.6 Å². The molecule has 0 aromatic heterocycles. The van der Waals surface area contributed by atoms with Crippen LogP contribution in [0.15, 0.2) is 12.1 Å². The normalized spacial score (nSPS) is 19.7. The number of nitrogens with two attached hydrogens (primary N) is 1. The average molecular weight is 754 g/mol. The molecule has 3 N–H and O–H groups in total. The van der Waals surface area contributed by atoms with Gasteiger partial charge in [0.05, 0.1) is 5.25 Å². The van der Waals surface area contributed by atoms with Gasteiger partial charge in [0.25, 0.3) is 6.26 Å².